The Hall–Kier alpha value is -7.04. The largest absolute Gasteiger partial charge is 0.456 e. The summed E-state index contributed by atoms with van der Waals surface area (Å²) in [5.74, 6) is 0.641. The summed E-state index contributed by atoms with van der Waals surface area (Å²) in [6, 6.07) is 62.0. The second-order valence-electron chi connectivity index (χ2n) is 13.4. The van der Waals surface area contributed by atoms with Gasteiger partial charge in [0.1, 0.15) is 11.2 Å². The Morgan fingerprint density at radius 2 is 1.00 bits per heavy atom. The van der Waals surface area contributed by atoms with E-state index in [2.05, 4.69) is 156 Å². The Kier molecular flexibility index (Phi) is 6.22. The van der Waals surface area contributed by atoms with Crippen LogP contribution in [0.25, 0.3) is 105 Å². The maximum absolute atomic E-state index is 6.41. The number of nitrogens with zero attached hydrogens (tertiary/aromatic N) is 3. The van der Waals surface area contributed by atoms with E-state index in [4.69, 9.17) is 14.4 Å². The molecule has 0 spiro atoms. The van der Waals surface area contributed by atoms with Crippen molar-refractivity contribution >= 4 is 65.3 Å². The highest BCUT2D eigenvalue weighted by molar-refractivity contribution is 6.21. The minimum absolute atomic E-state index is 0.641. The van der Waals surface area contributed by atoms with E-state index in [0.29, 0.717) is 5.95 Å². The van der Waals surface area contributed by atoms with Crippen LogP contribution in [-0.4, -0.2) is 14.5 Å². The normalized spacial score (nSPS) is 11.8. The van der Waals surface area contributed by atoms with Crippen LogP contribution in [0, 0.1) is 0 Å². The second kappa shape index (κ2) is 11.2. The first-order valence-corrected chi connectivity index (χ1v) is 17.6. The highest BCUT2D eigenvalue weighted by Crippen LogP contribution is 2.42. The van der Waals surface area contributed by atoms with Crippen LogP contribution in [0.5, 0.6) is 0 Å². The third kappa shape index (κ3) is 4.41. The van der Waals surface area contributed by atoms with E-state index in [9.17, 15) is 0 Å². The van der Waals surface area contributed by atoms with E-state index in [1.807, 2.05) is 24.3 Å². The van der Waals surface area contributed by atoms with Crippen molar-refractivity contribution in [2.75, 3.05) is 0 Å². The third-order valence-electron chi connectivity index (χ3n) is 10.4. The number of para-hydroxylation sites is 2. The Balaban J connectivity index is 1.17. The zero-order valence-electron chi connectivity index (χ0n) is 28.0. The standard InChI is InChI=1S/C48H29N3O/c1-3-13-30(14-4-1)42-29-43(31-15-5-2-6-16-31)50-48(49-42)51-44-21-11-9-19-35(44)40-26-33(23-24-45(40)51)37-25-32-17-7-8-18-34(32)38-27-41-36-20-10-12-22-46(36)52-47(41)28-39(37)38/h1-29H. The van der Waals surface area contributed by atoms with Gasteiger partial charge in [0.2, 0.25) is 5.95 Å². The minimum Gasteiger partial charge on any atom is -0.456 e. The first kappa shape index (κ1) is 28.8. The van der Waals surface area contributed by atoms with Crippen molar-refractivity contribution in [2.45, 2.75) is 0 Å². The molecule has 0 radical (unpaired) electrons. The highest BCUT2D eigenvalue weighted by Gasteiger charge is 2.19. The van der Waals surface area contributed by atoms with Gasteiger partial charge in [0.05, 0.1) is 22.4 Å². The summed E-state index contributed by atoms with van der Waals surface area (Å²) in [7, 11) is 0. The molecule has 0 atom stereocenters. The first-order valence-electron chi connectivity index (χ1n) is 17.6. The van der Waals surface area contributed by atoms with Crippen LogP contribution in [0.2, 0.25) is 0 Å². The summed E-state index contributed by atoms with van der Waals surface area (Å²) in [5.41, 5.74) is 10.1. The molecule has 0 bridgehead atoms. The molecule has 0 N–H and O–H groups in total. The van der Waals surface area contributed by atoms with Crippen molar-refractivity contribution < 1.29 is 4.42 Å². The second-order valence-corrected chi connectivity index (χ2v) is 13.4. The van der Waals surface area contributed by atoms with Crippen molar-refractivity contribution in [3.05, 3.63) is 176 Å². The summed E-state index contributed by atoms with van der Waals surface area (Å²) >= 11 is 0. The number of benzene rings is 8. The molecular formula is C48H29N3O. The van der Waals surface area contributed by atoms with Crippen LogP contribution in [0.4, 0.5) is 0 Å². The first-order chi connectivity index (χ1) is 25.8. The third-order valence-corrected chi connectivity index (χ3v) is 10.4. The number of fused-ring (bicyclic) bond motifs is 9. The Bertz CT molecular complexity index is 3120. The summed E-state index contributed by atoms with van der Waals surface area (Å²) < 4.78 is 8.62. The zero-order valence-corrected chi connectivity index (χ0v) is 28.0. The highest BCUT2D eigenvalue weighted by atomic mass is 16.3. The Morgan fingerprint density at radius 1 is 0.365 bits per heavy atom. The van der Waals surface area contributed by atoms with Crippen molar-refractivity contribution in [3.8, 4) is 39.6 Å². The smallest absolute Gasteiger partial charge is 0.235 e. The lowest BCUT2D eigenvalue weighted by atomic mass is 9.91. The molecule has 0 aliphatic heterocycles. The molecule has 0 aliphatic carbocycles. The van der Waals surface area contributed by atoms with E-state index in [1.54, 1.807) is 0 Å². The molecule has 0 amide bonds. The predicted octanol–water partition coefficient (Wildman–Crippen LogP) is 12.8. The van der Waals surface area contributed by atoms with Crippen LogP contribution in [0.15, 0.2) is 180 Å². The van der Waals surface area contributed by atoms with E-state index in [0.717, 1.165) is 71.8 Å². The fourth-order valence-corrected chi connectivity index (χ4v) is 7.96. The monoisotopic (exact) mass is 663 g/mol. The van der Waals surface area contributed by atoms with Crippen molar-refractivity contribution in [2.24, 2.45) is 0 Å². The maximum atomic E-state index is 6.41. The van der Waals surface area contributed by atoms with Gasteiger partial charge in [-0.25, -0.2) is 9.97 Å². The molecule has 0 saturated heterocycles. The zero-order chi connectivity index (χ0) is 34.2. The summed E-state index contributed by atoms with van der Waals surface area (Å²) in [6.07, 6.45) is 0. The summed E-state index contributed by atoms with van der Waals surface area (Å²) in [6.45, 7) is 0. The van der Waals surface area contributed by atoms with E-state index < -0.39 is 0 Å². The molecule has 0 fully saturated rings. The predicted molar refractivity (Wildman–Crippen MR) is 215 cm³/mol. The molecule has 0 unspecified atom stereocenters. The van der Waals surface area contributed by atoms with Gasteiger partial charge < -0.3 is 4.42 Å². The quantitative estimate of drug-likeness (QED) is 0.176. The fourth-order valence-electron chi connectivity index (χ4n) is 7.96. The summed E-state index contributed by atoms with van der Waals surface area (Å²) in [5, 5.41) is 9.39. The SMILES string of the molecule is c1ccc(-c2cc(-c3ccccc3)nc(-n3c4ccccc4c4cc(-c5cc6ccccc6c6cc7c(cc56)oc5ccccc57)ccc43)n2)cc1. The van der Waals surface area contributed by atoms with Gasteiger partial charge in [-0.05, 0) is 81.2 Å². The Morgan fingerprint density at radius 3 is 1.77 bits per heavy atom. The molecule has 11 aromatic rings. The van der Waals surface area contributed by atoms with Crippen LogP contribution < -0.4 is 0 Å². The fraction of sp³-hybridized carbons (Fsp3) is 0. The minimum atomic E-state index is 0.641. The molecule has 0 saturated carbocycles. The molecule has 4 heteroatoms. The van der Waals surface area contributed by atoms with Crippen LogP contribution >= 0.6 is 0 Å². The lowest BCUT2D eigenvalue weighted by Gasteiger charge is -2.13. The van der Waals surface area contributed by atoms with E-state index in [-0.39, 0.29) is 0 Å². The molecule has 242 valence electrons. The number of hydrogen-bond donors (Lipinski definition) is 0. The number of hydrogen-bond acceptors (Lipinski definition) is 3. The average Bonchev–Trinajstić information content (AvgIpc) is 3.75. The van der Waals surface area contributed by atoms with Gasteiger partial charge in [0.25, 0.3) is 0 Å². The number of aromatic nitrogens is 3. The number of furan rings is 1. The molecule has 3 heterocycles. The van der Waals surface area contributed by atoms with Crippen molar-refractivity contribution in [1.82, 2.24) is 14.5 Å². The summed E-state index contributed by atoms with van der Waals surface area (Å²) in [4.78, 5) is 10.4. The van der Waals surface area contributed by atoms with Crippen LogP contribution in [0.3, 0.4) is 0 Å². The lowest BCUT2D eigenvalue weighted by molar-refractivity contribution is 0.669. The molecule has 0 aliphatic rings. The van der Waals surface area contributed by atoms with Gasteiger partial charge in [-0.1, -0.05) is 127 Å². The molecule has 3 aromatic heterocycles. The molecule has 52 heavy (non-hydrogen) atoms. The molecular weight excluding hydrogens is 635 g/mol. The lowest BCUT2D eigenvalue weighted by Crippen LogP contribution is -2.04. The average molecular weight is 664 g/mol. The van der Waals surface area contributed by atoms with Crippen LogP contribution in [-0.2, 0) is 0 Å². The van der Waals surface area contributed by atoms with Crippen LogP contribution in [0.1, 0.15) is 0 Å². The van der Waals surface area contributed by atoms with E-state index in [1.165, 1.54) is 27.1 Å². The van der Waals surface area contributed by atoms with Crippen molar-refractivity contribution in [1.29, 1.82) is 0 Å². The topological polar surface area (TPSA) is 43.9 Å². The van der Waals surface area contributed by atoms with Gasteiger partial charge in [-0.2, -0.15) is 0 Å². The van der Waals surface area contributed by atoms with Gasteiger partial charge in [-0.15, -0.1) is 0 Å². The van der Waals surface area contributed by atoms with Crippen molar-refractivity contribution in [3.63, 3.8) is 0 Å². The number of rotatable bonds is 4. The van der Waals surface area contributed by atoms with Gasteiger partial charge in [0, 0.05) is 32.7 Å². The van der Waals surface area contributed by atoms with Gasteiger partial charge >= 0.3 is 0 Å². The van der Waals surface area contributed by atoms with Gasteiger partial charge in [0.15, 0.2) is 0 Å². The Labute approximate surface area is 298 Å². The van der Waals surface area contributed by atoms with Gasteiger partial charge in [-0.3, -0.25) is 4.57 Å². The maximum Gasteiger partial charge on any atom is 0.235 e. The molecule has 4 nitrogen and oxygen atoms in total. The molecule has 8 aromatic carbocycles. The van der Waals surface area contributed by atoms with E-state index >= 15 is 0 Å². The molecule has 11 rings (SSSR count).